The predicted octanol–water partition coefficient (Wildman–Crippen LogP) is 2.26. The number of piperidine rings is 1. The number of benzene rings is 1. The fourth-order valence-electron chi connectivity index (χ4n) is 3.36. The Morgan fingerprint density at radius 1 is 1.38 bits per heavy atom. The molecule has 1 atom stereocenters. The van der Waals surface area contributed by atoms with Crippen LogP contribution in [0.15, 0.2) is 29.4 Å². The summed E-state index contributed by atoms with van der Waals surface area (Å²) < 4.78 is 13.2. The molecule has 6 heteroatoms. The van der Waals surface area contributed by atoms with Crippen molar-refractivity contribution in [3.8, 4) is 0 Å². The van der Waals surface area contributed by atoms with Gasteiger partial charge in [-0.25, -0.2) is 9.82 Å². The van der Waals surface area contributed by atoms with Crippen molar-refractivity contribution >= 4 is 17.5 Å². The number of nitrogens with one attached hydrogen (secondary N) is 1. The molecule has 5 nitrogen and oxygen atoms in total. The maximum Gasteiger partial charge on any atom is 0.270 e. The average molecular weight is 331 g/mol. The average Bonchev–Trinajstić information content (AvgIpc) is 2.60. The highest BCUT2D eigenvalue weighted by atomic mass is 19.1. The van der Waals surface area contributed by atoms with Gasteiger partial charge < -0.3 is 4.90 Å². The highest BCUT2D eigenvalue weighted by Crippen LogP contribution is 2.22. The first-order chi connectivity index (χ1) is 11.6. The van der Waals surface area contributed by atoms with E-state index in [-0.39, 0.29) is 17.6 Å². The van der Waals surface area contributed by atoms with Gasteiger partial charge in [0.15, 0.2) is 0 Å². The molecule has 1 saturated heterocycles. The number of hydrogen-bond donors (Lipinski definition) is 1. The summed E-state index contributed by atoms with van der Waals surface area (Å²) in [6.45, 7) is 1.45. The van der Waals surface area contributed by atoms with Gasteiger partial charge in [0.2, 0.25) is 5.91 Å². The lowest BCUT2D eigenvalue weighted by atomic mass is 9.91. The second kappa shape index (κ2) is 7.55. The topological polar surface area (TPSA) is 61.8 Å². The molecule has 2 amide bonds. The highest BCUT2D eigenvalue weighted by Gasteiger charge is 2.28. The molecular formula is C18H22FN3O2. The third kappa shape index (κ3) is 4.19. The van der Waals surface area contributed by atoms with Crippen LogP contribution in [-0.4, -0.2) is 35.5 Å². The van der Waals surface area contributed by atoms with Crippen molar-refractivity contribution in [3.63, 3.8) is 0 Å². The number of nitrogens with zero attached hydrogens (tertiary/aromatic N) is 2. The molecular weight excluding hydrogens is 309 g/mol. The van der Waals surface area contributed by atoms with Crippen molar-refractivity contribution in [2.75, 3.05) is 13.1 Å². The van der Waals surface area contributed by atoms with Gasteiger partial charge in [-0.2, -0.15) is 5.10 Å². The third-order valence-corrected chi connectivity index (χ3v) is 4.69. The van der Waals surface area contributed by atoms with E-state index in [1.165, 1.54) is 6.07 Å². The van der Waals surface area contributed by atoms with Crippen molar-refractivity contribution in [2.45, 2.75) is 38.5 Å². The Balaban J connectivity index is 1.54. The standard InChI is InChI=1S/C18H22FN3O2/c19-15-5-1-3-13(11-15)6-7-14-4-2-10-22(12-14)18(24)16-8-9-17(23)21-20-16/h1,3,5,11,14H,2,4,6-10,12H2,(H,21,23)/t14-/m0/s1. The minimum atomic E-state index is -0.203. The van der Waals surface area contributed by atoms with Gasteiger partial charge in [0, 0.05) is 25.9 Å². The van der Waals surface area contributed by atoms with Crippen LogP contribution in [0.3, 0.4) is 0 Å². The van der Waals surface area contributed by atoms with E-state index < -0.39 is 0 Å². The molecule has 2 heterocycles. The van der Waals surface area contributed by atoms with Gasteiger partial charge in [-0.3, -0.25) is 9.59 Å². The van der Waals surface area contributed by atoms with E-state index in [1.54, 1.807) is 12.1 Å². The Morgan fingerprint density at radius 3 is 3.00 bits per heavy atom. The van der Waals surface area contributed by atoms with Crippen LogP contribution < -0.4 is 5.43 Å². The Morgan fingerprint density at radius 2 is 2.25 bits per heavy atom. The fourth-order valence-corrected chi connectivity index (χ4v) is 3.36. The van der Waals surface area contributed by atoms with Gasteiger partial charge in [-0.15, -0.1) is 0 Å². The van der Waals surface area contributed by atoms with Crippen LogP contribution in [-0.2, 0) is 16.0 Å². The van der Waals surface area contributed by atoms with Crippen LogP contribution in [0, 0.1) is 11.7 Å². The van der Waals surface area contributed by atoms with Crippen LogP contribution in [0.2, 0.25) is 0 Å². The summed E-state index contributed by atoms with van der Waals surface area (Å²) >= 11 is 0. The zero-order chi connectivity index (χ0) is 16.9. The summed E-state index contributed by atoms with van der Waals surface area (Å²) in [6.07, 6.45) is 4.55. The molecule has 2 aliphatic heterocycles. The molecule has 1 fully saturated rings. The zero-order valence-electron chi connectivity index (χ0n) is 13.6. The molecule has 0 saturated carbocycles. The lowest BCUT2D eigenvalue weighted by Gasteiger charge is -2.33. The SMILES string of the molecule is O=C1CCC(C(=O)N2CCC[C@@H](CCc3cccc(F)c3)C2)=NN1. The van der Waals surface area contributed by atoms with E-state index in [2.05, 4.69) is 10.5 Å². The normalized spacial score (nSPS) is 21.2. The smallest absolute Gasteiger partial charge is 0.270 e. The second-order valence-corrected chi connectivity index (χ2v) is 6.52. The minimum absolute atomic E-state index is 0.0644. The maximum absolute atomic E-state index is 13.2. The van der Waals surface area contributed by atoms with Gasteiger partial charge >= 0.3 is 0 Å². The molecule has 0 radical (unpaired) electrons. The van der Waals surface area contributed by atoms with Crippen LogP contribution in [0.25, 0.3) is 0 Å². The Kier molecular flexibility index (Phi) is 5.23. The lowest BCUT2D eigenvalue weighted by molar-refractivity contribution is -0.126. The van der Waals surface area contributed by atoms with E-state index in [0.717, 1.165) is 37.8 Å². The summed E-state index contributed by atoms with van der Waals surface area (Å²) in [5, 5.41) is 3.90. The molecule has 1 aromatic carbocycles. The molecule has 1 aromatic rings. The molecule has 0 unspecified atom stereocenters. The van der Waals surface area contributed by atoms with Crippen molar-refractivity contribution in [3.05, 3.63) is 35.6 Å². The molecule has 0 bridgehead atoms. The largest absolute Gasteiger partial charge is 0.337 e. The first-order valence-electron chi connectivity index (χ1n) is 8.51. The van der Waals surface area contributed by atoms with E-state index >= 15 is 0 Å². The molecule has 128 valence electrons. The van der Waals surface area contributed by atoms with Crippen molar-refractivity contribution in [1.82, 2.24) is 10.3 Å². The van der Waals surface area contributed by atoms with Gasteiger partial charge in [-0.1, -0.05) is 12.1 Å². The summed E-state index contributed by atoms with van der Waals surface area (Å²) in [6, 6.07) is 6.70. The minimum Gasteiger partial charge on any atom is -0.337 e. The number of halogens is 1. The number of carbonyl (C=O) groups excluding carboxylic acids is 2. The predicted molar refractivity (Wildman–Crippen MR) is 88.8 cm³/mol. The number of aryl methyl sites for hydroxylation is 1. The number of likely N-dealkylation sites (tertiary alicyclic amines) is 1. The third-order valence-electron chi connectivity index (χ3n) is 4.69. The molecule has 3 rings (SSSR count). The second-order valence-electron chi connectivity index (χ2n) is 6.52. The van der Waals surface area contributed by atoms with Crippen LogP contribution in [0.4, 0.5) is 4.39 Å². The van der Waals surface area contributed by atoms with Gasteiger partial charge in [0.05, 0.1) is 0 Å². The van der Waals surface area contributed by atoms with Crippen molar-refractivity contribution in [2.24, 2.45) is 11.0 Å². The van der Waals surface area contributed by atoms with E-state index in [1.807, 2.05) is 11.0 Å². The number of carbonyl (C=O) groups is 2. The summed E-state index contributed by atoms with van der Waals surface area (Å²) in [7, 11) is 0. The quantitative estimate of drug-likeness (QED) is 0.920. The van der Waals surface area contributed by atoms with Crippen LogP contribution in [0.5, 0.6) is 0 Å². The Labute approximate surface area is 140 Å². The highest BCUT2D eigenvalue weighted by molar-refractivity contribution is 6.39. The van der Waals surface area contributed by atoms with E-state index in [4.69, 9.17) is 0 Å². The lowest BCUT2D eigenvalue weighted by Crippen LogP contribution is -2.45. The number of rotatable bonds is 4. The Hall–Kier alpha value is -2.24. The number of amides is 2. The van der Waals surface area contributed by atoms with Crippen molar-refractivity contribution < 1.29 is 14.0 Å². The molecule has 2 aliphatic rings. The monoisotopic (exact) mass is 331 g/mol. The fraction of sp³-hybridized carbons (Fsp3) is 0.500. The summed E-state index contributed by atoms with van der Waals surface area (Å²) in [5.41, 5.74) is 3.82. The maximum atomic E-state index is 13.2. The number of hydrazone groups is 1. The van der Waals surface area contributed by atoms with Crippen LogP contribution in [0.1, 0.15) is 37.7 Å². The zero-order valence-corrected chi connectivity index (χ0v) is 13.6. The summed E-state index contributed by atoms with van der Waals surface area (Å²) in [4.78, 5) is 25.5. The molecule has 0 spiro atoms. The Bertz CT molecular complexity index is 659. The van der Waals surface area contributed by atoms with Gasteiger partial charge in [0.1, 0.15) is 11.5 Å². The van der Waals surface area contributed by atoms with E-state index in [0.29, 0.717) is 31.0 Å². The molecule has 0 aromatic heterocycles. The number of hydrogen-bond acceptors (Lipinski definition) is 3. The van der Waals surface area contributed by atoms with Crippen LogP contribution >= 0.6 is 0 Å². The van der Waals surface area contributed by atoms with E-state index in [9.17, 15) is 14.0 Å². The van der Waals surface area contributed by atoms with Crippen molar-refractivity contribution in [1.29, 1.82) is 0 Å². The molecule has 24 heavy (non-hydrogen) atoms. The van der Waals surface area contributed by atoms with Gasteiger partial charge in [0.25, 0.3) is 5.91 Å². The first-order valence-corrected chi connectivity index (χ1v) is 8.51. The first kappa shape index (κ1) is 16.6. The van der Waals surface area contributed by atoms with Gasteiger partial charge in [-0.05, 0) is 49.3 Å². The summed E-state index contributed by atoms with van der Waals surface area (Å²) in [5.74, 6) is 0.0127. The molecule has 0 aliphatic carbocycles. The molecule has 1 N–H and O–H groups in total.